The molecule has 1 heterocycles. The van der Waals surface area contributed by atoms with Gasteiger partial charge < -0.3 is 5.32 Å². The van der Waals surface area contributed by atoms with Gasteiger partial charge in [0.05, 0.1) is 4.90 Å². The van der Waals surface area contributed by atoms with Crippen molar-refractivity contribution in [2.45, 2.75) is 42.7 Å². The van der Waals surface area contributed by atoms with Crippen molar-refractivity contribution in [3.05, 3.63) is 29.8 Å². The van der Waals surface area contributed by atoms with E-state index < -0.39 is 21.7 Å². The average molecular weight is 316 g/mol. The molecule has 1 aromatic carbocycles. The van der Waals surface area contributed by atoms with Crippen molar-refractivity contribution >= 4 is 10.0 Å². The van der Waals surface area contributed by atoms with Gasteiger partial charge in [0.15, 0.2) is 0 Å². The molecule has 1 unspecified atom stereocenters. The summed E-state index contributed by atoms with van der Waals surface area (Å²) in [6, 6.07) is 2.53. The van der Waals surface area contributed by atoms with Crippen LogP contribution in [0.2, 0.25) is 0 Å². The molecule has 0 radical (unpaired) electrons. The summed E-state index contributed by atoms with van der Waals surface area (Å²) < 4.78 is 53.4. The topological polar surface area (TPSA) is 49.4 Å². The third-order valence-electron chi connectivity index (χ3n) is 3.96. The molecule has 2 fully saturated rings. The zero-order valence-corrected chi connectivity index (χ0v) is 12.4. The molecule has 3 rings (SSSR count). The molecule has 1 aromatic rings. The highest BCUT2D eigenvalue weighted by Crippen LogP contribution is 2.33. The molecule has 21 heavy (non-hydrogen) atoms. The fraction of sp³-hybridized carbons (Fsp3) is 0.571. The zero-order chi connectivity index (χ0) is 15.0. The molecule has 4 nitrogen and oxygen atoms in total. The van der Waals surface area contributed by atoms with Crippen LogP contribution in [0.5, 0.6) is 0 Å². The minimum atomic E-state index is -3.86. The maximum atomic E-state index is 13.3. The van der Waals surface area contributed by atoms with Crippen molar-refractivity contribution in [2.75, 3.05) is 13.1 Å². The van der Waals surface area contributed by atoms with Crippen LogP contribution in [0.1, 0.15) is 25.7 Å². The summed E-state index contributed by atoms with van der Waals surface area (Å²) in [6.07, 6.45) is 3.57. The number of halogens is 2. The highest BCUT2D eigenvalue weighted by Gasteiger charge is 2.39. The van der Waals surface area contributed by atoms with Crippen molar-refractivity contribution in [1.29, 1.82) is 0 Å². The van der Waals surface area contributed by atoms with E-state index in [-0.39, 0.29) is 17.0 Å². The second-order valence-corrected chi connectivity index (χ2v) is 7.59. The first-order valence-electron chi connectivity index (χ1n) is 7.18. The van der Waals surface area contributed by atoms with Crippen LogP contribution >= 0.6 is 0 Å². The van der Waals surface area contributed by atoms with E-state index in [0.29, 0.717) is 12.6 Å². The van der Waals surface area contributed by atoms with Gasteiger partial charge in [-0.2, -0.15) is 4.31 Å². The Hall–Kier alpha value is -1.05. The minimum Gasteiger partial charge on any atom is -0.313 e. The summed E-state index contributed by atoms with van der Waals surface area (Å²) in [6.45, 7) is 1.25. The lowest BCUT2D eigenvalue weighted by atomic mass is 10.2. The van der Waals surface area contributed by atoms with Gasteiger partial charge in [-0.15, -0.1) is 0 Å². The first-order valence-corrected chi connectivity index (χ1v) is 8.62. The van der Waals surface area contributed by atoms with Crippen LogP contribution in [0.15, 0.2) is 23.1 Å². The van der Waals surface area contributed by atoms with E-state index in [0.717, 1.165) is 44.4 Å². The average Bonchev–Trinajstić information content (AvgIpc) is 3.11. The third kappa shape index (κ3) is 3.25. The number of hydrogen-bond acceptors (Lipinski definition) is 3. The van der Waals surface area contributed by atoms with E-state index in [1.165, 1.54) is 4.31 Å². The molecule has 1 saturated heterocycles. The molecule has 1 aliphatic carbocycles. The van der Waals surface area contributed by atoms with Crippen LogP contribution in [0.25, 0.3) is 0 Å². The zero-order valence-electron chi connectivity index (χ0n) is 11.6. The summed E-state index contributed by atoms with van der Waals surface area (Å²) in [7, 11) is -3.86. The molecule has 1 N–H and O–H groups in total. The smallest absolute Gasteiger partial charge is 0.243 e. The van der Waals surface area contributed by atoms with Crippen LogP contribution in [0, 0.1) is 11.6 Å². The molecular weight excluding hydrogens is 298 g/mol. The van der Waals surface area contributed by atoms with E-state index in [9.17, 15) is 17.2 Å². The number of rotatable bonds is 5. The van der Waals surface area contributed by atoms with Crippen molar-refractivity contribution in [1.82, 2.24) is 9.62 Å². The summed E-state index contributed by atoms with van der Waals surface area (Å²) >= 11 is 0. The second kappa shape index (κ2) is 5.62. The van der Waals surface area contributed by atoms with Gasteiger partial charge in [-0.1, -0.05) is 0 Å². The predicted octanol–water partition coefficient (Wildman–Crippen LogP) is 1.87. The Morgan fingerprint density at radius 3 is 2.33 bits per heavy atom. The second-order valence-electron chi connectivity index (χ2n) is 5.70. The summed E-state index contributed by atoms with van der Waals surface area (Å²) in [5, 5.41) is 3.26. The van der Waals surface area contributed by atoms with E-state index in [4.69, 9.17) is 0 Å². The number of sulfonamides is 1. The van der Waals surface area contributed by atoms with Crippen molar-refractivity contribution < 1.29 is 17.2 Å². The van der Waals surface area contributed by atoms with E-state index >= 15 is 0 Å². The van der Waals surface area contributed by atoms with Crippen LogP contribution in [-0.2, 0) is 10.0 Å². The van der Waals surface area contributed by atoms with Gasteiger partial charge in [0.25, 0.3) is 0 Å². The Bertz CT molecular complexity index is 606. The van der Waals surface area contributed by atoms with Gasteiger partial charge in [0.2, 0.25) is 10.0 Å². The highest BCUT2D eigenvalue weighted by molar-refractivity contribution is 7.89. The summed E-state index contributed by atoms with van der Waals surface area (Å²) in [5.74, 6) is -1.74. The molecule has 0 spiro atoms. The molecule has 7 heteroatoms. The van der Waals surface area contributed by atoms with Gasteiger partial charge in [0.1, 0.15) is 11.6 Å². The van der Waals surface area contributed by atoms with Gasteiger partial charge in [0, 0.05) is 24.7 Å². The monoisotopic (exact) mass is 316 g/mol. The largest absolute Gasteiger partial charge is 0.313 e. The SMILES string of the molecule is O=S(=O)(c1cc(F)cc(F)c1)N(CC1CCCN1)C1CC1. The van der Waals surface area contributed by atoms with Gasteiger partial charge in [-0.25, -0.2) is 17.2 Å². The van der Waals surface area contributed by atoms with Crippen molar-refractivity contribution in [3.63, 3.8) is 0 Å². The lowest BCUT2D eigenvalue weighted by Crippen LogP contribution is -2.42. The van der Waals surface area contributed by atoms with Crippen LogP contribution < -0.4 is 5.32 Å². The Kier molecular flexibility index (Phi) is 3.98. The van der Waals surface area contributed by atoms with E-state index in [2.05, 4.69) is 5.32 Å². The fourth-order valence-electron chi connectivity index (χ4n) is 2.75. The maximum absolute atomic E-state index is 13.3. The molecule has 1 aliphatic heterocycles. The van der Waals surface area contributed by atoms with Gasteiger partial charge in [-0.05, 0) is 44.4 Å². The number of benzene rings is 1. The maximum Gasteiger partial charge on any atom is 0.243 e. The first kappa shape index (κ1) is 14.9. The van der Waals surface area contributed by atoms with E-state index in [1.54, 1.807) is 0 Å². The number of nitrogens with zero attached hydrogens (tertiary/aromatic N) is 1. The minimum absolute atomic E-state index is 0.0382. The van der Waals surface area contributed by atoms with Crippen molar-refractivity contribution in [3.8, 4) is 0 Å². The molecule has 0 bridgehead atoms. The standard InChI is InChI=1S/C14H18F2N2O2S/c15-10-6-11(16)8-14(7-10)21(19,20)18(13-3-4-13)9-12-2-1-5-17-12/h6-8,12-13,17H,1-5,9H2. The van der Waals surface area contributed by atoms with E-state index in [1.807, 2.05) is 0 Å². The summed E-state index contributed by atoms with van der Waals surface area (Å²) in [4.78, 5) is -0.301. The molecule has 1 atom stereocenters. The normalized spacial score (nSPS) is 22.9. The lowest BCUT2D eigenvalue weighted by Gasteiger charge is -2.25. The molecule has 0 aromatic heterocycles. The Balaban J connectivity index is 1.89. The molecule has 116 valence electrons. The Morgan fingerprint density at radius 2 is 1.81 bits per heavy atom. The van der Waals surface area contributed by atoms with Gasteiger partial charge in [-0.3, -0.25) is 0 Å². The molecular formula is C14H18F2N2O2S. The molecule has 2 aliphatic rings. The number of nitrogens with one attached hydrogen (secondary N) is 1. The van der Waals surface area contributed by atoms with Crippen LogP contribution in [0.3, 0.4) is 0 Å². The summed E-state index contributed by atoms with van der Waals surface area (Å²) in [5.41, 5.74) is 0. The molecule has 1 saturated carbocycles. The first-order chi connectivity index (χ1) is 9.96. The third-order valence-corrected chi connectivity index (χ3v) is 5.86. The fourth-order valence-corrected chi connectivity index (χ4v) is 4.52. The predicted molar refractivity (Wildman–Crippen MR) is 74.3 cm³/mol. The molecule has 0 amide bonds. The lowest BCUT2D eigenvalue weighted by molar-refractivity contribution is 0.362. The Labute approximate surface area is 123 Å². The highest BCUT2D eigenvalue weighted by atomic mass is 32.2. The van der Waals surface area contributed by atoms with Crippen LogP contribution in [0.4, 0.5) is 8.78 Å². The van der Waals surface area contributed by atoms with Gasteiger partial charge >= 0.3 is 0 Å². The quantitative estimate of drug-likeness (QED) is 0.902. The van der Waals surface area contributed by atoms with Crippen molar-refractivity contribution in [2.24, 2.45) is 0 Å². The Morgan fingerprint density at radius 1 is 1.14 bits per heavy atom. The number of hydrogen-bond donors (Lipinski definition) is 1. The van der Waals surface area contributed by atoms with Crippen LogP contribution in [-0.4, -0.2) is 37.9 Å².